The van der Waals surface area contributed by atoms with Crippen molar-refractivity contribution in [3.05, 3.63) is 114 Å². The summed E-state index contributed by atoms with van der Waals surface area (Å²) in [5.41, 5.74) is 3.28. The standard InChI is InChI=1S/C33H38N4O3/c1-33(2,3)30(37(21-13-20-34-22-29(38)39)32(40)27-18-11-6-12-19-27)31-35-28(26-16-9-5-10-17-26)24-36(31)23-25-14-7-4-8-15-25/h4-12,14-19,24,30,34H,13,20-23H2,1-3H3,(H,38,39)/t30-/m0/s1. The van der Waals surface area contributed by atoms with Gasteiger partial charge in [0, 0.05) is 30.4 Å². The number of nitrogens with zero attached hydrogens (tertiary/aromatic N) is 3. The van der Waals surface area contributed by atoms with Gasteiger partial charge in [0.1, 0.15) is 5.82 Å². The molecule has 0 bridgehead atoms. The topological polar surface area (TPSA) is 87.5 Å². The minimum atomic E-state index is -0.902. The number of rotatable bonds is 12. The molecule has 4 aromatic rings. The summed E-state index contributed by atoms with van der Waals surface area (Å²) in [6.07, 6.45) is 2.68. The molecule has 1 atom stereocenters. The number of carboxylic acid groups (broad SMARTS) is 1. The van der Waals surface area contributed by atoms with Crippen LogP contribution >= 0.6 is 0 Å². The van der Waals surface area contributed by atoms with Crippen molar-refractivity contribution >= 4 is 11.9 Å². The van der Waals surface area contributed by atoms with Gasteiger partial charge in [0.25, 0.3) is 5.91 Å². The van der Waals surface area contributed by atoms with E-state index in [1.807, 2.05) is 83.8 Å². The maximum atomic E-state index is 14.1. The Balaban J connectivity index is 1.79. The SMILES string of the molecule is CC(C)(C)[C@H](c1nc(-c2ccccc2)cn1Cc1ccccc1)N(CCCNCC(=O)O)C(=O)c1ccccc1. The highest BCUT2D eigenvalue weighted by Gasteiger charge is 2.38. The van der Waals surface area contributed by atoms with Crippen LogP contribution in [0.3, 0.4) is 0 Å². The van der Waals surface area contributed by atoms with Crippen molar-refractivity contribution in [1.82, 2.24) is 19.8 Å². The van der Waals surface area contributed by atoms with Crippen LogP contribution in [0.2, 0.25) is 0 Å². The second kappa shape index (κ2) is 13.2. The van der Waals surface area contributed by atoms with Gasteiger partial charge in [-0.15, -0.1) is 0 Å². The number of imidazole rings is 1. The maximum absolute atomic E-state index is 14.1. The average Bonchev–Trinajstić information content (AvgIpc) is 3.35. The number of carbonyl (C=O) groups excluding carboxylic acids is 1. The lowest BCUT2D eigenvalue weighted by atomic mass is 9.84. The summed E-state index contributed by atoms with van der Waals surface area (Å²) in [7, 11) is 0. The van der Waals surface area contributed by atoms with E-state index in [-0.39, 0.29) is 23.9 Å². The molecule has 0 unspecified atom stereocenters. The molecule has 2 N–H and O–H groups in total. The van der Waals surface area contributed by atoms with E-state index in [4.69, 9.17) is 10.1 Å². The summed E-state index contributed by atoms with van der Waals surface area (Å²) in [6, 6.07) is 29.3. The predicted molar refractivity (Wildman–Crippen MR) is 158 cm³/mol. The van der Waals surface area contributed by atoms with Gasteiger partial charge in [-0.2, -0.15) is 0 Å². The highest BCUT2D eigenvalue weighted by Crippen LogP contribution is 2.40. The quantitative estimate of drug-likeness (QED) is 0.220. The summed E-state index contributed by atoms with van der Waals surface area (Å²) in [5, 5.41) is 12.0. The van der Waals surface area contributed by atoms with Crippen molar-refractivity contribution < 1.29 is 14.7 Å². The molecule has 7 heteroatoms. The van der Waals surface area contributed by atoms with Crippen LogP contribution in [0.15, 0.2) is 97.2 Å². The van der Waals surface area contributed by atoms with Gasteiger partial charge in [-0.3, -0.25) is 9.59 Å². The van der Waals surface area contributed by atoms with E-state index in [0.29, 0.717) is 31.6 Å². The third-order valence-corrected chi connectivity index (χ3v) is 6.76. The lowest BCUT2D eigenvalue weighted by Crippen LogP contribution is -2.43. The van der Waals surface area contributed by atoms with Crippen molar-refractivity contribution in [2.45, 2.75) is 39.8 Å². The molecule has 0 aliphatic rings. The fourth-order valence-corrected chi connectivity index (χ4v) is 4.96. The van der Waals surface area contributed by atoms with Crippen molar-refractivity contribution in [3.8, 4) is 11.3 Å². The summed E-state index contributed by atoms with van der Waals surface area (Å²) in [6.45, 7) is 7.84. The second-order valence-electron chi connectivity index (χ2n) is 11.0. The molecular weight excluding hydrogens is 500 g/mol. The monoisotopic (exact) mass is 538 g/mol. The maximum Gasteiger partial charge on any atom is 0.317 e. The van der Waals surface area contributed by atoms with Crippen LogP contribution in [-0.4, -0.2) is 51.1 Å². The molecule has 7 nitrogen and oxygen atoms in total. The molecule has 208 valence electrons. The number of benzene rings is 3. The largest absolute Gasteiger partial charge is 0.480 e. The van der Waals surface area contributed by atoms with Crippen LogP contribution in [0.4, 0.5) is 0 Å². The molecule has 1 heterocycles. The molecule has 0 spiro atoms. The van der Waals surface area contributed by atoms with Crippen LogP contribution < -0.4 is 5.32 Å². The van der Waals surface area contributed by atoms with E-state index in [1.54, 1.807) is 0 Å². The van der Waals surface area contributed by atoms with Gasteiger partial charge in [-0.25, -0.2) is 4.98 Å². The van der Waals surface area contributed by atoms with Crippen molar-refractivity contribution in [1.29, 1.82) is 0 Å². The number of hydrogen-bond donors (Lipinski definition) is 2. The number of aromatic nitrogens is 2. The Morgan fingerprint density at radius 1 is 0.925 bits per heavy atom. The number of aliphatic carboxylic acids is 1. The average molecular weight is 539 g/mol. The van der Waals surface area contributed by atoms with E-state index in [0.717, 1.165) is 22.6 Å². The van der Waals surface area contributed by atoms with E-state index >= 15 is 0 Å². The first-order valence-corrected chi connectivity index (χ1v) is 13.7. The number of carboxylic acids is 1. The Morgan fingerprint density at radius 3 is 2.12 bits per heavy atom. The third-order valence-electron chi connectivity index (χ3n) is 6.76. The first-order chi connectivity index (χ1) is 19.2. The fraction of sp³-hybridized carbons (Fsp3) is 0.303. The lowest BCUT2D eigenvalue weighted by Gasteiger charge is -2.40. The van der Waals surface area contributed by atoms with Gasteiger partial charge in [0.05, 0.1) is 18.3 Å². The van der Waals surface area contributed by atoms with E-state index in [1.165, 1.54) is 0 Å². The van der Waals surface area contributed by atoms with Crippen molar-refractivity contribution in [2.24, 2.45) is 5.41 Å². The van der Waals surface area contributed by atoms with Crippen molar-refractivity contribution in [2.75, 3.05) is 19.6 Å². The molecule has 3 aromatic carbocycles. The highest BCUT2D eigenvalue weighted by molar-refractivity contribution is 5.94. The van der Waals surface area contributed by atoms with Gasteiger partial charge in [0.2, 0.25) is 0 Å². The predicted octanol–water partition coefficient (Wildman–Crippen LogP) is 5.89. The van der Waals surface area contributed by atoms with Crippen LogP contribution in [0.5, 0.6) is 0 Å². The Bertz CT molecular complexity index is 1380. The lowest BCUT2D eigenvalue weighted by molar-refractivity contribution is -0.135. The minimum absolute atomic E-state index is 0.0747. The Kier molecular flexibility index (Phi) is 9.51. The van der Waals surface area contributed by atoms with E-state index in [2.05, 4.69) is 49.0 Å². The number of amides is 1. The molecule has 1 aromatic heterocycles. The smallest absolute Gasteiger partial charge is 0.317 e. The molecule has 1 amide bonds. The third kappa shape index (κ3) is 7.45. The first kappa shape index (κ1) is 28.8. The zero-order valence-corrected chi connectivity index (χ0v) is 23.5. The first-order valence-electron chi connectivity index (χ1n) is 13.7. The van der Waals surface area contributed by atoms with Crippen LogP contribution in [0, 0.1) is 5.41 Å². The zero-order chi connectivity index (χ0) is 28.5. The summed E-state index contributed by atoms with van der Waals surface area (Å²) >= 11 is 0. The molecule has 0 aliphatic heterocycles. The zero-order valence-electron chi connectivity index (χ0n) is 23.5. The van der Waals surface area contributed by atoms with Crippen LogP contribution in [0.1, 0.15) is 55.0 Å². The Morgan fingerprint density at radius 2 is 1.52 bits per heavy atom. The summed E-state index contributed by atoms with van der Waals surface area (Å²) in [5.74, 6) is -0.159. The molecule has 0 saturated carbocycles. The minimum Gasteiger partial charge on any atom is -0.480 e. The van der Waals surface area contributed by atoms with Gasteiger partial charge < -0.3 is 19.9 Å². The van der Waals surface area contributed by atoms with Gasteiger partial charge in [0.15, 0.2) is 0 Å². The molecule has 4 rings (SSSR count). The van der Waals surface area contributed by atoms with E-state index in [9.17, 15) is 9.59 Å². The van der Waals surface area contributed by atoms with Gasteiger partial charge in [-0.05, 0) is 36.1 Å². The van der Waals surface area contributed by atoms with Gasteiger partial charge in [-0.1, -0.05) is 99.6 Å². The van der Waals surface area contributed by atoms with Gasteiger partial charge >= 0.3 is 5.97 Å². The molecular formula is C33H38N4O3. The van der Waals surface area contributed by atoms with E-state index < -0.39 is 5.97 Å². The van der Waals surface area contributed by atoms with Crippen LogP contribution in [0.25, 0.3) is 11.3 Å². The van der Waals surface area contributed by atoms with Crippen molar-refractivity contribution in [3.63, 3.8) is 0 Å². The normalized spacial score (nSPS) is 12.2. The fourth-order valence-electron chi connectivity index (χ4n) is 4.96. The summed E-state index contributed by atoms with van der Waals surface area (Å²) in [4.78, 5) is 32.2. The Labute approximate surface area is 236 Å². The molecule has 0 radical (unpaired) electrons. The highest BCUT2D eigenvalue weighted by atomic mass is 16.4. The Hall–Kier alpha value is -4.23. The summed E-state index contributed by atoms with van der Waals surface area (Å²) < 4.78 is 2.17. The number of nitrogens with one attached hydrogen (secondary N) is 1. The number of hydrogen-bond acceptors (Lipinski definition) is 4. The molecule has 0 fully saturated rings. The number of carbonyl (C=O) groups is 2. The van der Waals surface area contributed by atoms with Crippen LogP contribution in [-0.2, 0) is 11.3 Å². The molecule has 40 heavy (non-hydrogen) atoms. The molecule has 0 aliphatic carbocycles. The molecule has 0 saturated heterocycles. The second-order valence-corrected chi connectivity index (χ2v) is 11.0.